The van der Waals surface area contributed by atoms with Crippen molar-refractivity contribution in [2.75, 3.05) is 5.75 Å². The van der Waals surface area contributed by atoms with Gasteiger partial charge in [-0.3, -0.25) is 4.21 Å². The highest BCUT2D eigenvalue weighted by molar-refractivity contribution is 9.10. The molecule has 17 heavy (non-hydrogen) atoms. The highest BCUT2D eigenvalue weighted by atomic mass is 79.9. The van der Waals surface area contributed by atoms with Crippen LogP contribution in [0.25, 0.3) is 0 Å². The van der Waals surface area contributed by atoms with Crippen molar-refractivity contribution in [1.82, 2.24) is 0 Å². The zero-order chi connectivity index (χ0) is 12.3. The summed E-state index contributed by atoms with van der Waals surface area (Å²) in [5, 5.41) is 0. The predicted molar refractivity (Wildman–Crippen MR) is 75.4 cm³/mol. The lowest BCUT2D eigenvalue weighted by molar-refractivity contribution is 0.468. The van der Waals surface area contributed by atoms with E-state index in [1.54, 1.807) is 0 Å². The first-order valence-corrected chi connectivity index (χ1v) is 8.17. The van der Waals surface area contributed by atoms with Crippen molar-refractivity contribution in [3.05, 3.63) is 28.7 Å². The average molecular weight is 316 g/mol. The molecule has 94 valence electrons. The molecule has 1 aliphatic rings. The first-order valence-electron chi connectivity index (χ1n) is 6.06. The molecule has 2 N–H and O–H groups in total. The largest absolute Gasteiger partial charge is 0.327 e. The monoisotopic (exact) mass is 315 g/mol. The molecule has 0 aromatic heterocycles. The van der Waals surface area contributed by atoms with E-state index in [9.17, 15) is 4.21 Å². The maximum absolute atomic E-state index is 12.1. The van der Waals surface area contributed by atoms with Crippen LogP contribution < -0.4 is 5.73 Å². The minimum absolute atomic E-state index is 0.328. The lowest BCUT2D eigenvalue weighted by Crippen LogP contribution is -2.25. The average Bonchev–Trinajstić information content (AvgIpc) is 2.72. The maximum atomic E-state index is 12.1. The Bertz CT molecular complexity index is 410. The molecule has 0 heterocycles. The summed E-state index contributed by atoms with van der Waals surface area (Å²) in [6.45, 7) is 0. The van der Waals surface area contributed by atoms with Gasteiger partial charge in [-0.15, -0.1) is 0 Å². The summed E-state index contributed by atoms with van der Waals surface area (Å²) < 4.78 is 13.1. The molecule has 3 unspecified atom stereocenters. The summed E-state index contributed by atoms with van der Waals surface area (Å²) in [6, 6.07) is 8.07. The van der Waals surface area contributed by atoms with Gasteiger partial charge in [-0.1, -0.05) is 28.4 Å². The van der Waals surface area contributed by atoms with Crippen molar-refractivity contribution in [1.29, 1.82) is 0 Å². The van der Waals surface area contributed by atoms with Gasteiger partial charge in [0.15, 0.2) is 0 Å². The second-order valence-corrected chi connectivity index (χ2v) is 7.14. The van der Waals surface area contributed by atoms with Gasteiger partial charge in [-0.25, -0.2) is 0 Å². The van der Waals surface area contributed by atoms with E-state index in [-0.39, 0.29) is 0 Å². The number of benzene rings is 1. The van der Waals surface area contributed by atoms with Crippen LogP contribution in [0.1, 0.15) is 25.7 Å². The maximum Gasteiger partial charge on any atom is 0.0530 e. The molecule has 2 nitrogen and oxygen atoms in total. The van der Waals surface area contributed by atoms with E-state index in [0.29, 0.717) is 12.0 Å². The molecule has 1 aromatic rings. The fourth-order valence-corrected chi connectivity index (χ4v) is 4.20. The standard InChI is InChI=1S/C13H18BrNOS/c14-11-4-2-5-12(9-11)17(16)8-7-10-3-1-6-13(10)15/h2,4-5,9-10,13H,1,3,6-8,15H2. The molecule has 0 aliphatic heterocycles. The van der Waals surface area contributed by atoms with Crippen molar-refractivity contribution in [2.45, 2.75) is 36.6 Å². The Morgan fingerprint density at radius 1 is 1.41 bits per heavy atom. The Kier molecular flexibility index (Phi) is 4.77. The van der Waals surface area contributed by atoms with Crippen LogP contribution in [0.2, 0.25) is 0 Å². The number of halogens is 1. The third-order valence-corrected chi connectivity index (χ3v) is 5.33. The normalized spacial score (nSPS) is 26.0. The summed E-state index contributed by atoms with van der Waals surface area (Å²) in [4.78, 5) is 0.908. The Morgan fingerprint density at radius 2 is 2.24 bits per heavy atom. The van der Waals surface area contributed by atoms with E-state index in [4.69, 9.17) is 5.73 Å². The van der Waals surface area contributed by atoms with E-state index >= 15 is 0 Å². The molecule has 2 rings (SSSR count). The van der Waals surface area contributed by atoms with Crippen LogP contribution in [-0.2, 0) is 10.8 Å². The predicted octanol–water partition coefficient (Wildman–Crippen LogP) is 3.07. The molecule has 0 bridgehead atoms. The minimum Gasteiger partial charge on any atom is -0.327 e. The van der Waals surface area contributed by atoms with E-state index in [1.165, 1.54) is 12.8 Å². The van der Waals surface area contributed by atoms with Crippen LogP contribution in [0.5, 0.6) is 0 Å². The van der Waals surface area contributed by atoms with Crippen LogP contribution >= 0.6 is 15.9 Å². The minimum atomic E-state index is -0.890. The molecular formula is C13H18BrNOS. The molecule has 1 aromatic carbocycles. The Labute approximate surface area is 114 Å². The van der Waals surface area contributed by atoms with Gasteiger partial charge in [0.05, 0.1) is 10.8 Å². The van der Waals surface area contributed by atoms with Crippen LogP contribution in [0.3, 0.4) is 0 Å². The summed E-state index contributed by atoms with van der Waals surface area (Å²) in [6.07, 6.45) is 4.56. The highest BCUT2D eigenvalue weighted by Gasteiger charge is 2.24. The third kappa shape index (κ3) is 3.63. The Morgan fingerprint density at radius 3 is 2.88 bits per heavy atom. The van der Waals surface area contributed by atoms with Crippen LogP contribution in [0.4, 0.5) is 0 Å². The third-order valence-electron chi connectivity index (χ3n) is 3.45. The summed E-state index contributed by atoms with van der Waals surface area (Å²) in [5.41, 5.74) is 6.02. The van der Waals surface area contributed by atoms with Gasteiger partial charge < -0.3 is 5.73 Å². The van der Waals surface area contributed by atoms with Gasteiger partial charge in [0.1, 0.15) is 0 Å². The molecular weight excluding hydrogens is 298 g/mol. The van der Waals surface area contributed by atoms with Gasteiger partial charge in [0, 0.05) is 21.2 Å². The fourth-order valence-electron chi connectivity index (χ4n) is 2.41. The van der Waals surface area contributed by atoms with Crippen LogP contribution in [-0.4, -0.2) is 16.0 Å². The highest BCUT2D eigenvalue weighted by Crippen LogP contribution is 2.27. The molecule has 0 saturated heterocycles. The second-order valence-electron chi connectivity index (χ2n) is 4.65. The number of rotatable bonds is 4. The first kappa shape index (κ1) is 13.2. The quantitative estimate of drug-likeness (QED) is 0.928. The number of nitrogens with two attached hydrogens (primary N) is 1. The number of hydrogen-bond donors (Lipinski definition) is 1. The molecule has 1 aliphatic carbocycles. The molecule has 0 amide bonds. The summed E-state index contributed by atoms with van der Waals surface area (Å²) >= 11 is 3.40. The first-order chi connectivity index (χ1) is 8.16. The molecule has 4 heteroatoms. The van der Waals surface area contributed by atoms with Gasteiger partial charge in [0.2, 0.25) is 0 Å². The lowest BCUT2D eigenvalue weighted by atomic mass is 10.0. The van der Waals surface area contributed by atoms with Gasteiger partial charge in [-0.05, 0) is 43.4 Å². The van der Waals surface area contributed by atoms with Crippen molar-refractivity contribution in [2.24, 2.45) is 11.7 Å². The van der Waals surface area contributed by atoms with Gasteiger partial charge >= 0.3 is 0 Å². The Hall–Kier alpha value is -0.190. The molecule has 3 atom stereocenters. The molecule has 1 saturated carbocycles. The van der Waals surface area contributed by atoms with Crippen molar-refractivity contribution in [3.8, 4) is 0 Å². The second kappa shape index (κ2) is 6.12. The SMILES string of the molecule is NC1CCCC1CCS(=O)c1cccc(Br)c1. The zero-order valence-electron chi connectivity index (χ0n) is 9.77. The molecule has 0 radical (unpaired) electrons. The van der Waals surface area contributed by atoms with Crippen molar-refractivity contribution >= 4 is 26.7 Å². The van der Waals surface area contributed by atoms with E-state index in [2.05, 4.69) is 15.9 Å². The Balaban J connectivity index is 1.89. The number of hydrogen-bond acceptors (Lipinski definition) is 2. The molecule has 1 fully saturated rings. The van der Waals surface area contributed by atoms with Gasteiger partial charge in [-0.2, -0.15) is 0 Å². The fraction of sp³-hybridized carbons (Fsp3) is 0.538. The van der Waals surface area contributed by atoms with Crippen LogP contribution in [0.15, 0.2) is 33.6 Å². The van der Waals surface area contributed by atoms with Gasteiger partial charge in [0.25, 0.3) is 0 Å². The smallest absolute Gasteiger partial charge is 0.0530 e. The van der Waals surface area contributed by atoms with Crippen LogP contribution in [0, 0.1) is 5.92 Å². The zero-order valence-corrected chi connectivity index (χ0v) is 12.2. The topological polar surface area (TPSA) is 43.1 Å². The summed E-state index contributed by atoms with van der Waals surface area (Å²) in [5.74, 6) is 1.31. The van der Waals surface area contributed by atoms with Crippen molar-refractivity contribution < 1.29 is 4.21 Å². The van der Waals surface area contributed by atoms with E-state index in [1.807, 2.05) is 24.3 Å². The van der Waals surface area contributed by atoms with Crippen molar-refractivity contribution in [3.63, 3.8) is 0 Å². The lowest BCUT2D eigenvalue weighted by Gasteiger charge is -2.14. The molecule has 0 spiro atoms. The van der Waals surface area contributed by atoms with E-state index < -0.39 is 10.8 Å². The summed E-state index contributed by atoms with van der Waals surface area (Å²) in [7, 11) is -0.890. The van der Waals surface area contributed by atoms with E-state index in [0.717, 1.165) is 28.0 Å².